The Bertz CT molecular complexity index is 2390. The topological polar surface area (TPSA) is 532 Å². The van der Waals surface area contributed by atoms with E-state index >= 15 is 4.79 Å². The summed E-state index contributed by atoms with van der Waals surface area (Å²) in [5.74, 6) is -1.33. The molecule has 4 saturated carbocycles. The van der Waals surface area contributed by atoms with Crippen molar-refractivity contribution >= 4 is 5.97 Å². The molecule has 20 N–H and O–H groups in total. The Morgan fingerprint density at radius 1 is 0.449 bits per heavy atom. The highest BCUT2D eigenvalue weighted by molar-refractivity contribution is 5.77. The van der Waals surface area contributed by atoms with E-state index in [2.05, 4.69) is 13.5 Å². The third kappa shape index (κ3) is 12.4. The van der Waals surface area contributed by atoms with Crippen LogP contribution in [0, 0.1) is 28.1 Å². The second-order valence-electron chi connectivity index (χ2n) is 26.5. The van der Waals surface area contributed by atoms with Gasteiger partial charge in [0.2, 0.25) is 6.29 Å². The molecule has 2 bridgehead atoms. The molecule has 33 nitrogen and oxygen atoms in total. The molecule has 0 aromatic heterocycles. The lowest BCUT2D eigenvalue weighted by Crippen LogP contribution is -2.68. The number of carbonyl (C=O) groups excluding carboxylic acids is 1. The molecule has 6 heterocycles. The van der Waals surface area contributed by atoms with Crippen LogP contribution >= 0.6 is 0 Å². The zero-order chi connectivity index (χ0) is 64.7. The minimum absolute atomic E-state index is 0.154. The zero-order valence-electron chi connectivity index (χ0n) is 49.0. The second-order valence-corrected chi connectivity index (χ2v) is 26.5. The lowest BCUT2D eigenvalue weighted by atomic mass is 9.41. The summed E-state index contributed by atoms with van der Waals surface area (Å²) in [5.41, 5.74) is -3.27. The lowest BCUT2D eigenvalue weighted by Gasteiger charge is -2.64. The van der Waals surface area contributed by atoms with Gasteiger partial charge in [-0.3, -0.25) is 4.79 Å². The quantitative estimate of drug-likeness (QED) is 0.0344. The Morgan fingerprint density at radius 2 is 0.865 bits per heavy atom. The van der Waals surface area contributed by atoms with E-state index < -0.39 is 258 Å². The summed E-state index contributed by atoms with van der Waals surface area (Å²) in [4.78, 5) is 15.0. The third-order valence-corrected chi connectivity index (χ3v) is 21.3. The van der Waals surface area contributed by atoms with E-state index in [9.17, 15) is 102 Å². The summed E-state index contributed by atoms with van der Waals surface area (Å²) >= 11 is 0. The summed E-state index contributed by atoms with van der Waals surface area (Å²) in [7, 11) is 0. The van der Waals surface area contributed by atoms with E-state index in [1.807, 2.05) is 0 Å². The van der Waals surface area contributed by atoms with Crippen molar-refractivity contribution in [2.75, 3.05) is 39.6 Å². The van der Waals surface area contributed by atoms with Crippen LogP contribution in [0.1, 0.15) is 71.6 Å². The average molecular weight is 1290 g/mol. The fourth-order valence-corrected chi connectivity index (χ4v) is 16.3. The standard InChI is InChI=1S/C56H90O33/c1-19-11-55-9-5-26-53(2,7-4-8-54(26,3)52(77)88-50-44(38(72)32(66)24(16-61)83-50)86-48-41(75)36(70)30(64)22(14-59)81-48)27(55)6-10-56(19,18-55)89-51-45(87-49-42(76)37(71)31(65)23(15-60)82-49)43(85-47-40(74)35(69)29(63)21(13-58)80-47)33(67)25(84-51)17-78-46-39(73)34(68)28(62)20(12-57)79-46/h20-51,57-76H,1,4-18H2,2-3H3/t20?,21?,22?,23?,24?,25?,26?,27-,28?,29?,30?,31?,32?,33?,34?,35?,36?,37?,38?,39?,40?,41?,42?,43?,44?,45?,46?,47?,48?,49?,50?,51?,53+,54+,55?,56-/m0/s1. The van der Waals surface area contributed by atoms with Crippen LogP contribution in [-0.2, 0) is 61.6 Å². The highest BCUT2D eigenvalue weighted by Crippen LogP contribution is 2.74. The maximum Gasteiger partial charge on any atom is 0.314 e. The van der Waals surface area contributed by atoms with Crippen molar-refractivity contribution in [2.24, 2.45) is 28.1 Å². The van der Waals surface area contributed by atoms with Crippen LogP contribution < -0.4 is 0 Å². The van der Waals surface area contributed by atoms with Crippen LogP contribution in [-0.4, -0.2) is 338 Å². The lowest BCUT2D eigenvalue weighted by molar-refractivity contribution is -0.403. The van der Waals surface area contributed by atoms with Crippen LogP contribution in [0.4, 0.5) is 0 Å². The largest absolute Gasteiger partial charge is 0.432 e. The minimum Gasteiger partial charge on any atom is -0.432 e. The van der Waals surface area contributed by atoms with Crippen molar-refractivity contribution in [1.29, 1.82) is 0 Å². The maximum absolute atomic E-state index is 15.0. The van der Waals surface area contributed by atoms with E-state index in [4.69, 9.17) is 56.8 Å². The Kier molecular flexibility index (Phi) is 21.4. The summed E-state index contributed by atoms with van der Waals surface area (Å²) in [6.07, 6.45) is -51.6. The van der Waals surface area contributed by atoms with Crippen LogP contribution in [0.3, 0.4) is 0 Å². The number of ether oxygens (including phenoxy) is 12. The third-order valence-electron chi connectivity index (χ3n) is 21.3. The van der Waals surface area contributed by atoms with E-state index in [0.717, 1.165) is 0 Å². The Balaban J connectivity index is 0.938. The van der Waals surface area contributed by atoms with Gasteiger partial charge in [0.1, 0.15) is 140 Å². The summed E-state index contributed by atoms with van der Waals surface area (Å²) in [6, 6.07) is 0. The van der Waals surface area contributed by atoms with Gasteiger partial charge in [0.25, 0.3) is 0 Å². The number of aliphatic hydroxyl groups excluding tert-OH is 20. The number of carbonyl (C=O) groups is 1. The molecule has 0 aromatic carbocycles. The first kappa shape index (κ1) is 69.8. The fraction of sp³-hybridized carbons (Fsp3) is 0.946. The minimum atomic E-state index is -2.10. The van der Waals surface area contributed by atoms with Crippen molar-refractivity contribution in [3.63, 3.8) is 0 Å². The van der Waals surface area contributed by atoms with Gasteiger partial charge in [-0.25, -0.2) is 0 Å². The summed E-state index contributed by atoms with van der Waals surface area (Å²) < 4.78 is 72.6. The number of hydrogen-bond acceptors (Lipinski definition) is 33. The van der Waals surface area contributed by atoms with Crippen LogP contribution in [0.15, 0.2) is 12.2 Å². The van der Waals surface area contributed by atoms with Crippen molar-refractivity contribution in [3.05, 3.63) is 12.2 Å². The van der Waals surface area contributed by atoms with Gasteiger partial charge in [0, 0.05) is 0 Å². The fourth-order valence-electron chi connectivity index (χ4n) is 16.3. The van der Waals surface area contributed by atoms with Gasteiger partial charge in [-0.1, -0.05) is 19.9 Å². The van der Waals surface area contributed by atoms with E-state index in [1.54, 1.807) is 6.92 Å². The number of rotatable bonds is 18. The van der Waals surface area contributed by atoms with Gasteiger partial charge < -0.3 is 159 Å². The molecule has 33 heteroatoms. The summed E-state index contributed by atoms with van der Waals surface area (Å²) in [5, 5.41) is 215. The first-order chi connectivity index (χ1) is 42.1. The smallest absolute Gasteiger partial charge is 0.314 e. The van der Waals surface area contributed by atoms with Crippen molar-refractivity contribution in [1.82, 2.24) is 0 Å². The van der Waals surface area contributed by atoms with Gasteiger partial charge in [-0.15, -0.1) is 0 Å². The number of esters is 1. The molecule has 1 spiro atoms. The predicted molar refractivity (Wildman–Crippen MR) is 284 cm³/mol. The Morgan fingerprint density at radius 3 is 1.36 bits per heavy atom. The normalized spacial score (nSPS) is 54.5. The molecule has 0 radical (unpaired) electrons. The molecule has 36 atom stereocenters. The van der Waals surface area contributed by atoms with Crippen molar-refractivity contribution < 1.29 is 164 Å². The average Bonchev–Trinajstić information content (AvgIpc) is 1.62. The van der Waals surface area contributed by atoms with Crippen molar-refractivity contribution in [3.8, 4) is 0 Å². The Labute approximate surface area is 509 Å². The molecule has 0 aromatic rings. The number of fused-ring (bicyclic) bond motifs is 3. The van der Waals surface area contributed by atoms with E-state index in [1.165, 1.54) is 0 Å². The molecular weight excluding hydrogens is 1200 g/mol. The van der Waals surface area contributed by atoms with Gasteiger partial charge in [0.15, 0.2) is 37.6 Å². The first-order valence-corrected chi connectivity index (χ1v) is 30.4. The van der Waals surface area contributed by atoms with Crippen LogP contribution in [0.25, 0.3) is 0 Å². The van der Waals surface area contributed by atoms with Crippen molar-refractivity contribution in [2.45, 2.75) is 261 Å². The molecule has 10 rings (SSSR count). The Hall–Kier alpha value is -2.03. The molecule has 10 aliphatic rings. The SMILES string of the molecule is C=C1CC23CCC4[C@](C)(C(=O)OC5OC(CO)C(O)C(O)C5OC5OC(CO)C(O)C(O)C5O)CCC[C@@]4(C)[C@@H]2CC[C@]1(OC1OC(COC2OC(CO)C(O)C(O)C2O)C(O)C(OC2OC(CO)C(O)C(O)C2O)C1OC1OC(CO)C(O)C(O)C1O)C3. The van der Waals surface area contributed by atoms with Gasteiger partial charge in [-0.05, 0) is 86.5 Å². The maximum atomic E-state index is 15.0. The number of aliphatic hydroxyl groups is 20. The van der Waals surface area contributed by atoms with E-state index in [-0.39, 0.29) is 18.8 Å². The second kappa shape index (κ2) is 27.2. The molecular formula is C56H90O33. The van der Waals surface area contributed by atoms with Gasteiger partial charge in [0.05, 0.1) is 50.7 Å². The number of hydrogen-bond donors (Lipinski definition) is 20. The molecule has 32 unspecified atom stereocenters. The highest BCUT2D eigenvalue weighted by Gasteiger charge is 2.70. The molecule has 0 amide bonds. The van der Waals surface area contributed by atoms with Gasteiger partial charge in [-0.2, -0.15) is 0 Å². The molecule has 10 fully saturated rings. The molecule has 4 aliphatic carbocycles. The molecule has 512 valence electrons. The summed E-state index contributed by atoms with van der Waals surface area (Å²) in [6.45, 7) is 3.32. The van der Waals surface area contributed by atoms with E-state index in [0.29, 0.717) is 50.5 Å². The molecule has 6 saturated heterocycles. The monoisotopic (exact) mass is 1290 g/mol. The van der Waals surface area contributed by atoms with Gasteiger partial charge >= 0.3 is 5.97 Å². The van der Waals surface area contributed by atoms with Crippen LogP contribution in [0.5, 0.6) is 0 Å². The first-order valence-electron chi connectivity index (χ1n) is 30.4. The molecule has 6 aliphatic heterocycles. The van der Waals surface area contributed by atoms with Crippen LogP contribution in [0.2, 0.25) is 0 Å². The predicted octanol–water partition coefficient (Wildman–Crippen LogP) is -9.47. The highest BCUT2D eigenvalue weighted by atomic mass is 16.8. The molecule has 89 heavy (non-hydrogen) atoms. The zero-order valence-corrected chi connectivity index (χ0v) is 49.0.